The summed E-state index contributed by atoms with van der Waals surface area (Å²) in [7, 11) is 1.65. The first kappa shape index (κ1) is 15.4. The highest BCUT2D eigenvalue weighted by molar-refractivity contribution is 5.66. The van der Waals surface area contributed by atoms with Gasteiger partial charge in [0.1, 0.15) is 11.6 Å². The second-order valence-corrected chi connectivity index (χ2v) is 5.95. The van der Waals surface area contributed by atoms with E-state index in [1.807, 2.05) is 48.5 Å². The van der Waals surface area contributed by atoms with Gasteiger partial charge in [-0.15, -0.1) is 0 Å². The highest BCUT2D eigenvalue weighted by Crippen LogP contribution is 2.27. The number of hydrogen-bond acceptors (Lipinski definition) is 6. The minimum atomic E-state index is 0.476. The van der Waals surface area contributed by atoms with Crippen LogP contribution in [0.2, 0.25) is 0 Å². The maximum Gasteiger partial charge on any atom is 0.225 e. The highest BCUT2D eigenvalue weighted by Gasteiger charge is 2.22. The molecule has 0 spiro atoms. The van der Waals surface area contributed by atoms with E-state index < -0.39 is 0 Å². The van der Waals surface area contributed by atoms with Crippen LogP contribution >= 0.6 is 0 Å². The summed E-state index contributed by atoms with van der Waals surface area (Å²) in [6.07, 6.45) is 4.09. The Balaban J connectivity index is 1.67. The van der Waals surface area contributed by atoms with Gasteiger partial charge < -0.3 is 15.4 Å². The van der Waals surface area contributed by atoms with Crippen molar-refractivity contribution in [3.05, 3.63) is 54.7 Å². The third-order valence-electron chi connectivity index (χ3n) is 3.91. The van der Waals surface area contributed by atoms with Crippen molar-refractivity contribution in [2.45, 2.75) is 18.9 Å². The lowest BCUT2D eigenvalue weighted by Crippen LogP contribution is -2.08. The molecule has 1 aliphatic carbocycles. The molecule has 2 heterocycles. The van der Waals surface area contributed by atoms with E-state index in [0.717, 1.165) is 35.7 Å². The summed E-state index contributed by atoms with van der Waals surface area (Å²) in [6, 6.07) is 15.9. The van der Waals surface area contributed by atoms with Crippen molar-refractivity contribution in [3.8, 4) is 17.1 Å². The van der Waals surface area contributed by atoms with Crippen molar-refractivity contribution >= 4 is 17.5 Å². The fourth-order valence-electron chi connectivity index (χ4n) is 2.48. The predicted octanol–water partition coefficient (Wildman–Crippen LogP) is 3.87. The largest absolute Gasteiger partial charge is 0.497 e. The second kappa shape index (κ2) is 6.76. The summed E-state index contributed by atoms with van der Waals surface area (Å²) in [4.78, 5) is 13.6. The van der Waals surface area contributed by atoms with Gasteiger partial charge in [-0.05, 0) is 37.1 Å². The smallest absolute Gasteiger partial charge is 0.225 e. The minimum Gasteiger partial charge on any atom is -0.497 e. The topological polar surface area (TPSA) is 72.0 Å². The Kier molecular flexibility index (Phi) is 4.16. The molecule has 0 saturated heterocycles. The molecule has 0 unspecified atom stereocenters. The van der Waals surface area contributed by atoms with Crippen LogP contribution in [0.3, 0.4) is 0 Å². The molecule has 25 heavy (non-hydrogen) atoms. The number of pyridine rings is 1. The summed E-state index contributed by atoms with van der Waals surface area (Å²) in [5.74, 6) is 2.13. The SMILES string of the molecule is COc1cccc(Nc2cc(-c3ccccn3)nc(NC3CC3)n2)c1. The average molecular weight is 333 g/mol. The molecule has 6 nitrogen and oxygen atoms in total. The number of rotatable bonds is 6. The Labute approximate surface area is 146 Å². The third-order valence-corrected chi connectivity index (χ3v) is 3.91. The molecule has 1 saturated carbocycles. The molecule has 0 aliphatic heterocycles. The van der Waals surface area contributed by atoms with E-state index in [0.29, 0.717) is 17.8 Å². The summed E-state index contributed by atoms with van der Waals surface area (Å²) >= 11 is 0. The highest BCUT2D eigenvalue weighted by atomic mass is 16.5. The molecule has 0 atom stereocenters. The van der Waals surface area contributed by atoms with Crippen molar-refractivity contribution in [2.24, 2.45) is 0 Å². The molecule has 6 heteroatoms. The number of benzene rings is 1. The zero-order valence-corrected chi connectivity index (χ0v) is 13.9. The predicted molar refractivity (Wildman–Crippen MR) is 98.2 cm³/mol. The van der Waals surface area contributed by atoms with Crippen LogP contribution in [-0.4, -0.2) is 28.1 Å². The van der Waals surface area contributed by atoms with Crippen LogP contribution in [-0.2, 0) is 0 Å². The Bertz CT molecular complexity index is 865. The number of ether oxygens (including phenoxy) is 1. The van der Waals surface area contributed by atoms with Crippen molar-refractivity contribution in [3.63, 3.8) is 0 Å². The van der Waals surface area contributed by atoms with Crippen LogP contribution in [0.5, 0.6) is 5.75 Å². The molecular weight excluding hydrogens is 314 g/mol. The third kappa shape index (κ3) is 3.85. The van der Waals surface area contributed by atoms with Gasteiger partial charge in [-0.2, -0.15) is 4.98 Å². The van der Waals surface area contributed by atoms with Crippen molar-refractivity contribution in [1.82, 2.24) is 15.0 Å². The molecule has 1 aliphatic rings. The first-order valence-electron chi connectivity index (χ1n) is 8.28. The van der Waals surface area contributed by atoms with Crippen LogP contribution in [0.4, 0.5) is 17.5 Å². The molecular formula is C19H19N5O. The average Bonchev–Trinajstić information content (AvgIpc) is 3.46. The first-order chi connectivity index (χ1) is 12.3. The van der Waals surface area contributed by atoms with Crippen LogP contribution < -0.4 is 15.4 Å². The fourth-order valence-corrected chi connectivity index (χ4v) is 2.48. The van der Waals surface area contributed by atoms with Crippen molar-refractivity contribution in [1.29, 1.82) is 0 Å². The van der Waals surface area contributed by atoms with E-state index >= 15 is 0 Å². The number of anilines is 3. The number of methoxy groups -OCH3 is 1. The molecule has 0 bridgehead atoms. The lowest BCUT2D eigenvalue weighted by molar-refractivity contribution is 0.415. The molecule has 4 rings (SSSR count). The maximum absolute atomic E-state index is 5.28. The zero-order chi connectivity index (χ0) is 17.1. The van der Waals surface area contributed by atoms with Crippen LogP contribution in [0.15, 0.2) is 54.7 Å². The standard InChI is InChI=1S/C19H19N5O/c1-25-15-6-4-5-14(11-15)21-18-12-17(16-7-2-3-10-20-16)23-19(24-18)22-13-8-9-13/h2-7,10-13H,8-9H2,1H3,(H2,21,22,23,24). The van der Waals surface area contributed by atoms with Gasteiger partial charge in [0.05, 0.1) is 18.5 Å². The summed E-state index contributed by atoms with van der Waals surface area (Å²) in [6.45, 7) is 0. The minimum absolute atomic E-state index is 0.476. The Morgan fingerprint density at radius 2 is 1.92 bits per heavy atom. The van der Waals surface area contributed by atoms with Gasteiger partial charge in [-0.3, -0.25) is 4.98 Å². The quantitative estimate of drug-likeness (QED) is 0.713. The van der Waals surface area contributed by atoms with Crippen LogP contribution in [0.1, 0.15) is 12.8 Å². The molecule has 3 aromatic rings. The van der Waals surface area contributed by atoms with E-state index in [-0.39, 0.29) is 0 Å². The molecule has 2 N–H and O–H groups in total. The number of aromatic nitrogens is 3. The van der Waals surface area contributed by atoms with E-state index in [1.165, 1.54) is 0 Å². The Hall–Kier alpha value is -3.15. The van der Waals surface area contributed by atoms with Crippen LogP contribution in [0.25, 0.3) is 11.4 Å². The Morgan fingerprint density at radius 3 is 2.68 bits per heavy atom. The lowest BCUT2D eigenvalue weighted by atomic mass is 10.2. The number of nitrogens with one attached hydrogen (secondary N) is 2. The summed E-state index contributed by atoms with van der Waals surface area (Å²) < 4.78 is 5.28. The van der Waals surface area contributed by atoms with Crippen molar-refractivity contribution in [2.75, 3.05) is 17.7 Å². The maximum atomic E-state index is 5.28. The van der Waals surface area contributed by atoms with E-state index in [2.05, 4.69) is 25.6 Å². The fraction of sp³-hybridized carbons (Fsp3) is 0.211. The number of nitrogens with zero attached hydrogens (tertiary/aromatic N) is 3. The molecule has 1 fully saturated rings. The van der Waals surface area contributed by atoms with Gasteiger partial charge in [0, 0.05) is 30.1 Å². The first-order valence-corrected chi connectivity index (χ1v) is 8.28. The monoisotopic (exact) mass is 333 g/mol. The summed E-state index contributed by atoms with van der Waals surface area (Å²) in [5.41, 5.74) is 2.50. The van der Waals surface area contributed by atoms with Gasteiger partial charge in [0.2, 0.25) is 5.95 Å². The van der Waals surface area contributed by atoms with E-state index in [4.69, 9.17) is 4.74 Å². The van der Waals surface area contributed by atoms with E-state index in [9.17, 15) is 0 Å². The van der Waals surface area contributed by atoms with Gasteiger partial charge in [-0.1, -0.05) is 12.1 Å². The Morgan fingerprint density at radius 1 is 1.00 bits per heavy atom. The number of hydrogen-bond donors (Lipinski definition) is 2. The van der Waals surface area contributed by atoms with Crippen LogP contribution in [0, 0.1) is 0 Å². The molecule has 126 valence electrons. The zero-order valence-electron chi connectivity index (χ0n) is 13.9. The lowest BCUT2D eigenvalue weighted by Gasteiger charge is -2.11. The summed E-state index contributed by atoms with van der Waals surface area (Å²) in [5, 5.41) is 6.68. The van der Waals surface area contributed by atoms with E-state index in [1.54, 1.807) is 13.3 Å². The van der Waals surface area contributed by atoms with Gasteiger partial charge >= 0.3 is 0 Å². The van der Waals surface area contributed by atoms with Crippen molar-refractivity contribution < 1.29 is 4.74 Å². The molecule has 0 amide bonds. The molecule has 0 radical (unpaired) electrons. The normalized spacial score (nSPS) is 13.3. The van der Waals surface area contributed by atoms with Gasteiger partial charge in [0.15, 0.2) is 0 Å². The second-order valence-electron chi connectivity index (χ2n) is 5.95. The van der Waals surface area contributed by atoms with Gasteiger partial charge in [0.25, 0.3) is 0 Å². The van der Waals surface area contributed by atoms with Gasteiger partial charge in [-0.25, -0.2) is 4.98 Å². The molecule has 1 aromatic carbocycles. The molecule has 2 aromatic heterocycles.